The normalized spacial score (nSPS) is 10.1. The fraction of sp³-hybridized carbons (Fsp3) is 0.333. The van der Waals surface area contributed by atoms with E-state index in [4.69, 9.17) is 0 Å². The summed E-state index contributed by atoms with van der Waals surface area (Å²) in [6.45, 7) is 0. The van der Waals surface area contributed by atoms with Gasteiger partial charge in [0.1, 0.15) is 5.69 Å². The Morgan fingerprint density at radius 3 is 1.58 bits per heavy atom. The van der Waals surface area contributed by atoms with E-state index in [0.717, 1.165) is 4.48 Å². The molecule has 3 heteroatoms. The molecule has 68 valence electrons. The van der Waals surface area contributed by atoms with Crippen molar-refractivity contribution < 1.29 is 0 Å². The van der Waals surface area contributed by atoms with Crippen LogP contribution in [-0.4, -0.2) is 21.1 Å². The highest BCUT2D eigenvalue weighted by molar-refractivity contribution is 5.40. The van der Waals surface area contributed by atoms with Gasteiger partial charge in [-0.25, -0.2) is 0 Å². The Kier molecular flexibility index (Phi) is 4.51. The van der Waals surface area contributed by atoms with Crippen molar-refractivity contribution in [2.75, 3.05) is 21.1 Å². The van der Waals surface area contributed by atoms with Crippen molar-refractivity contribution in [3.63, 3.8) is 0 Å². The molecule has 0 spiro atoms. The third-order valence-corrected chi connectivity index (χ3v) is 1.53. The summed E-state index contributed by atoms with van der Waals surface area (Å²) in [7, 11) is 6.49. The third kappa shape index (κ3) is 3.48. The summed E-state index contributed by atoms with van der Waals surface area (Å²) in [5, 5.41) is 0. The van der Waals surface area contributed by atoms with Crippen LogP contribution < -0.4 is 16.2 Å². The van der Waals surface area contributed by atoms with E-state index in [0.29, 0.717) is 0 Å². The fourth-order valence-corrected chi connectivity index (χ4v) is 0.875. The lowest BCUT2D eigenvalue weighted by atomic mass is 10.3. The molecule has 1 rings (SSSR count). The molecule has 0 bridgehead atoms. The van der Waals surface area contributed by atoms with Crippen LogP contribution in [0.1, 0.15) is 0 Å². The maximum atomic E-state index is 4.00. The number of benzene rings is 1. The zero-order chi connectivity index (χ0) is 9.61. The number of nitrogens with two attached hydrogens (primary N) is 2. The van der Waals surface area contributed by atoms with Crippen molar-refractivity contribution in [2.24, 2.45) is 11.7 Å². The second-order valence-corrected chi connectivity index (χ2v) is 3.35. The van der Waals surface area contributed by atoms with Gasteiger partial charge in [-0.1, -0.05) is 18.2 Å². The highest BCUT2D eigenvalue weighted by Gasteiger charge is 2.08. The third-order valence-electron chi connectivity index (χ3n) is 1.53. The minimum atomic E-state index is 0.890. The Morgan fingerprint density at radius 2 is 1.33 bits per heavy atom. The summed E-state index contributed by atoms with van der Waals surface area (Å²) in [4.78, 5) is 0. The van der Waals surface area contributed by atoms with Gasteiger partial charge in [-0.2, -0.15) is 0 Å². The lowest BCUT2D eigenvalue weighted by Gasteiger charge is -2.22. The molecule has 0 aliphatic rings. The van der Waals surface area contributed by atoms with Gasteiger partial charge in [-0.05, 0) is 12.1 Å². The van der Waals surface area contributed by atoms with Crippen molar-refractivity contribution in [1.29, 1.82) is 0 Å². The van der Waals surface area contributed by atoms with E-state index in [1.807, 2.05) is 6.07 Å². The SMILES string of the molecule is C[N+](C)(C)c1ccccc1.NN. The summed E-state index contributed by atoms with van der Waals surface area (Å²) in [5.74, 6) is 8.00. The average molecular weight is 168 g/mol. The maximum absolute atomic E-state index is 4.00. The maximum Gasteiger partial charge on any atom is 0.132 e. The molecule has 0 atom stereocenters. The first-order chi connectivity index (χ1) is 5.61. The highest BCUT2D eigenvalue weighted by Crippen LogP contribution is 2.14. The largest absolute Gasteiger partial charge is 0.298 e. The average Bonchev–Trinajstić information content (AvgIpc) is 2.08. The van der Waals surface area contributed by atoms with E-state index in [1.54, 1.807) is 0 Å². The van der Waals surface area contributed by atoms with Gasteiger partial charge in [-0.3, -0.25) is 16.2 Å². The van der Waals surface area contributed by atoms with Crippen LogP contribution >= 0.6 is 0 Å². The molecule has 0 saturated carbocycles. The Balaban J connectivity index is 0.000000561. The molecule has 0 unspecified atom stereocenters. The molecule has 0 saturated heterocycles. The van der Waals surface area contributed by atoms with Gasteiger partial charge in [-0.15, -0.1) is 0 Å². The molecular formula is C9H18N3+. The van der Waals surface area contributed by atoms with Crippen LogP contribution in [0.5, 0.6) is 0 Å². The van der Waals surface area contributed by atoms with Crippen LogP contribution in [0.15, 0.2) is 30.3 Å². The van der Waals surface area contributed by atoms with Crippen LogP contribution in [0, 0.1) is 0 Å². The quantitative estimate of drug-likeness (QED) is 0.368. The highest BCUT2D eigenvalue weighted by atomic mass is 15.3. The van der Waals surface area contributed by atoms with E-state index in [9.17, 15) is 0 Å². The standard InChI is InChI=1S/C9H14N.H4N2/c1-10(2,3)9-7-5-4-6-8-9;1-2/h4-8H,1-3H3;1-2H2/q+1;. The molecule has 12 heavy (non-hydrogen) atoms. The van der Waals surface area contributed by atoms with Gasteiger partial charge in [0.25, 0.3) is 0 Å². The first kappa shape index (κ1) is 11.1. The molecule has 3 nitrogen and oxygen atoms in total. The number of para-hydroxylation sites is 1. The van der Waals surface area contributed by atoms with Crippen LogP contribution in [0.25, 0.3) is 0 Å². The predicted molar refractivity (Wildman–Crippen MR) is 54.4 cm³/mol. The van der Waals surface area contributed by atoms with Crippen molar-refractivity contribution in [3.8, 4) is 0 Å². The molecule has 0 amide bonds. The number of nitrogens with zero attached hydrogens (tertiary/aromatic N) is 1. The van der Waals surface area contributed by atoms with E-state index >= 15 is 0 Å². The first-order valence-electron chi connectivity index (χ1n) is 3.81. The van der Waals surface area contributed by atoms with Gasteiger partial charge in [0.05, 0.1) is 21.1 Å². The molecule has 0 radical (unpaired) electrons. The molecule has 1 aromatic carbocycles. The van der Waals surface area contributed by atoms with Crippen LogP contribution in [0.3, 0.4) is 0 Å². The molecule has 0 aliphatic carbocycles. The Hall–Kier alpha value is -0.900. The van der Waals surface area contributed by atoms with E-state index < -0.39 is 0 Å². The van der Waals surface area contributed by atoms with Gasteiger partial charge in [0.15, 0.2) is 0 Å². The first-order valence-corrected chi connectivity index (χ1v) is 3.81. The number of quaternary nitrogens is 1. The number of hydrogen-bond donors (Lipinski definition) is 2. The number of hydrogen-bond acceptors (Lipinski definition) is 2. The van der Waals surface area contributed by atoms with Crippen molar-refractivity contribution in [3.05, 3.63) is 30.3 Å². The Labute approximate surface area is 74.2 Å². The van der Waals surface area contributed by atoms with Crippen molar-refractivity contribution in [2.45, 2.75) is 0 Å². The molecule has 0 aliphatic heterocycles. The number of hydrazine groups is 1. The van der Waals surface area contributed by atoms with Crippen LogP contribution in [-0.2, 0) is 0 Å². The molecule has 0 aromatic heterocycles. The second kappa shape index (κ2) is 4.87. The molecule has 0 heterocycles. The second-order valence-electron chi connectivity index (χ2n) is 3.35. The number of rotatable bonds is 1. The minimum absolute atomic E-state index is 0.890. The predicted octanol–water partition coefficient (Wildman–Crippen LogP) is 0.702. The lowest BCUT2D eigenvalue weighted by Crippen LogP contribution is -2.34. The van der Waals surface area contributed by atoms with Crippen LogP contribution in [0.2, 0.25) is 0 Å². The fourth-order valence-electron chi connectivity index (χ4n) is 0.875. The van der Waals surface area contributed by atoms with Gasteiger partial charge in [0.2, 0.25) is 0 Å². The summed E-state index contributed by atoms with van der Waals surface area (Å²) in [6.07, 6.45) is 0. The molecule has 0 fully saturated rings. The topological polar surface area (TPSA) is 52.0 Å². The smallest absolute Gasteiger partial charge is 0.132 e. The van der Waals surface area contributed by atoms with Gasteiger partial charge in [0, 0.05) is 0 Å². The lowest BCUT2D eigenvalue weighted by molar-refractivity contribution is 0.486. The molecule has 1 aromatic rings. The molecular weight excluding hydrogens is 150 g/mol. The van der Waals surface area contributed by atoms with E-state index in [2.05, 4.69) is 57.1 Å². The minimum Gasteiger partial charge on any atom is -0.298 e. The van der Waals surface area contributed by atoms with Crippen molar-refractivity contribution in [1.82, 2.24) is 4.48 Å². The Morgan fingerprint density at radius 1 is 0.917 bits per heavy atom. The zero-order valence-electron chi connectivity index (χ0n) is 7.99. The van der Waals surface area contributed by atoms with Gasteiger partial charge >= 0.3 is 0 Å². The summed E-state index contributed by atoms with van der Waals surface area (Å²) in [5.41, 5.74) is 1.34. The van der Waals surface area contributed by atoms with Crippen LogP contribution in [0.4, 0.5) is 5.69 Å². The Bertz CT molecular complexity index is 201. The van der Waals surface area contributed by atoms with E-state index in [-0.39, 0.29) is 0 Å². The van der Waals surface area contributed by atoms with Gasteiger partial charge < -0.3 is 0 Å². The summed E-state index contributed by atoms with van der Waals surface area (Å²) >= 11 is 0. The zero-order valence-corrected chi connectivity index (χ0v) is 7.99. The summed E-state index contributed by atoms with van der Waals surface area (Å²) in [6, 6.07) is 10.5. The monoisotopic (exact) mass is 168 g/mol. The van der Waals surface area contributed by atoms with E-state index in [1.165, 1.54) is 5.69 Å². The van der Waals surface area contributed by atoms with Crippen molar-refractivity contribution >= 4 is 5.69 Å². The molecule has 4 N–H and O–H groups in total. The summed E-state index contributed by atoms with van der Waals surface area (Å²) < 4.78 is 0.890.